The van der Waals surface area contributed by atoms with Crippen LogP contribution in [0.1, 0.15) is 18.4 Å². The maximum atomic E-state index is 12.2. The second kappa shape index (κ2) is 7.06. The van der Waals surface area contributed by atoms with Gasteiger partial charge in [-0.25, -0.2) is 4.79 Å². The molecule has 2 amide bonds. The Morgan fingerprint density at radius 3 is 2.64 bits per heavy atom. The number of nitrogens with one attached hydrogen (secondary N) is 1. The standard InChI is InChI=1S/C16H20N2O4/c1-18-8-7-12(10-14(18)19)15(20)17-13(16(21)22)9-11-5-3-2-4-6-11/h2-6,12-13H,7-10H2,1H3,(H,17,20)(H,21,22)/t12?,13-/m0/s1. The fourth-order valence-electron chi connectivity index (χ4n) is 2.51. The molecule has 2 rings (SSSR count). The highest BCUT2D eigenvalue weighted by Gasteiger charge is 2.31. The first-order valence-corrected chi connectivity index (χ1v) is 7.28. The second-order valence-corrected chi connectivity index (χ2v) is 5.59. The van der Waals surface area contributed by atoms with Crippen molar-refractivity contribution < 1.29 is 19.5 Å². The number of carboxylic acids is 1. The molecule has 1 aliphatic rings. The Morgan fingerprint density at radius 2 is 2.05 bits per heavy atom. The highest BCUT2D eigenvalue weighted by Crippen LogP contribution is 2.17. The monoisotopic (exact) mass is 304 g/mol. The maximum absolute atomic E-state index is 12.2. The summed E-state index contributed by atoms with van der Waals surface area (Å²) in [6.45, 7) is 0.521. The quantitative estimate of drug-likeness (QED) is 0.837. The van der Waals surface area contributed by atoms with E-state index in [-0.39, 0.29) is 24.7 Å². The van der Waals surface area contributed by atoms with Crippen LogP contribution < -0.4 is 5.32 Å². The molecule has 0 bridgehead atoms. The molecule has 1 saturated heterocycles. The van der Waals surface area contributed by atoms with Crippen LogP contribution in [0.5, 0.6) is 0 Å². The van der Waals surface area contributed by atoms with Crippen LogP contribution in [0, 0.1) is 5.92 Å². The van der Waals surface area contributed by atoms with E-state index >= 15 is 0 Å². The number of benzene rings is 1. The predicted octanol–water partition coefficient (Wildman–Crippen LogP) is 0.667. The molecule has 6 nitrogen and oxygen atoms in total. The van der Waals surface area contributed by atoms with Gasteiger partial charge in [0.05, 0.1) is 0 Å². The number of rotatable bonds is 5. The van der Waals surface area contributed by atoms with Gasteiger partial charge in [-0.15, -0.1) is 0 Å². The van der Waals surface area contributed by atoms with E-state index in [4.69, 9.17) is 0 Å². The fourth-order valence-corrected chi connectivity index (χ4v) is 2.51. The highest BCUT2D eigenvalue weighted by molar-refractivity contribution is 5.89. The summed E-state index contributed by atoms with van der Waals surface area (Å²) < 4.78 is 0. The predicted molar refractivity (Wildman–Crippen MR) is 80.1 cm³/mol. The summed E-state index contributed by atoms with van der Waals surface area (Å²) in [4.78, 5) is 36.8. The number of piperidine rings is 1. The van der Waals surface area contributed by atoms with Crippen molar-refractivity contribution in [1.82, 2.24) is 10.2 Å². The van der Waals surface area contributed by atoms with Gasteiger partial charge < -0.3 is 15.3 Å². The zero-order valence-electron chi connectivity index (χ0n) is 12.5. The Hall–Kier alpha value is -2.37. The largest absolute Gasteiger partial charge is 0.480 e. The number of aliphatic carboxylic acids is 1. The van der Waals surface area contributed by atoms with Crippen LogP contribution in [-0.4, -0.2) is 47.4 Å². The van der Waals surface area contributed by atoms with E-state index < -0.39 is 17.9 Å². The van der Waals surface area contributed by atoms with Crippen LogP contribution in [0.3, 0.4) is 0 Å². The zero-order chi connectivity index (χ0) is 16.1. The van der Waals surface area contributed by atoms with Gasteiger partial charge >= 0.3 is 5.97 Å². The molecule has 1 aliphatic heterocycles. The van der Waals surface area contributed by atoms with Gasteiger partial charge in [0.25, 0.3) is 0 Å². The van der Waals surface area contributed by atoms with Crippen LogP contribution in [-0.2, 0) is 20.8 Å². The van der Waals surface area contributed by atoms with E-state index in [1.54, 1.807) is 11.9 Å². The van der Waals surface area contributed by atoms with Crippen LogP contribution in [0.4, 0.5) is 0 Å². The molecule has 1 heterocycles. The number of hydrogen-bond acceptors (Lipinski definition) is 3. The van der Waals surface area contributed by atoms with Gasteiger partial charge in [-0.2, -0.15) is 0 Å². The number of carbonyl (C=O) groups is 3. The molecule has 1 fully saturated rings. The Morgan fingerprint density at radius 1 is 1.36 bits per heavy atom. The number of hydrogen-bond donors (Lipinski definition) is 2. The molecular weight excluding hydrogens is 284 g/mol. The van der Waals surface area contributed by atoms with E-state index in [0.717, 1.165) is 5.56 Å². The average Bonchev–Trinajstić information content (AvgIpc) is 2.50. The van der Waals surface area contributed by atoms with Crippen molar-refractivity contribution in [1.29, 1.82) is 0 Å². The van der Waals surface area contributed by atoms with E-state index in [2.05, 4.69) is 5.32 Å². The molecule has 6 heteroatoms. The smallest absolute Gasteiger partial charge is 0.326 e. The Labute approximate surface area is 129 Å². The van der Waals surface area contributed by atoms with Gasteiger partial charge in [-0.1, -0.05) is 30.3 Å². The molecule has 1 unspecified atom stereocenters. The van der Waals surface area contributed by atoms with Crippen molar-refractivity contribution in [2.24, 2.45) is 5.92 Å². The summed E-state index contributed by atoms with van der Waals surface area (Å²) >= 11 is 0. The average molecular weight is 304 g/mol. The van der Waals surface area contributed by atoms with Crippen LogP contribution in [0.2, 0.25) is 0 Å². The SMILES string of the molecule is CN1CCC(C(=O)N[C@@H](Cc2ccccc2)C(=O)O)CC1=O. The first kappa shape index (κ1) is 16.0. The lowest BCUT2D eigenvalue weighted by molar-refractivity contribution is -0.144. The van der Waals surface area contributed by atoms with Gasteiger partial charge in [-0.3, -0.25) is 9.59 Å². The van der Waals surface area contributed by atoms with Crippen molar-refractivity contribution in [2.75, 3.05) is 13.6 Å². The molecule has 0 radical (unpaired) electrons. The first-order chi connectivity index (χ1) is 10.5. The van der Waals surface area contributed by atoms with E-state index in [1.165, 1.54) is 0 Å². The zero-order valence-corrected chi connectivity index (χ0v) is 12.5. The molecule has 2 atom stereocenters. The molecular formula is C16H20N2O4. The molecule has 1 aromatic rings. The van der Waals surface area contributed by atoms with Gasteiger partial charge in [0, 0.05) is 32.4 Å². The van der Waals surface area contributed by atoms with Crippen molar-refractivity contribution in [3.63, 3.8) is 0 Å². The normalized spacial score (nSPS) is 19.6. The second-order valence-electron chi connectivity index (χ2n) is 5.59. The molecule has 0 spiro atoms. The third-order valence-corrected chi connectivity index (χ3v) is 3.93. The molecule has 22 heavy (non-hydrogen) atoms. The number of nitrogens with zero attached hydrogens (tertiary/aromatic N) is 1. The van der Waals surface area contributed by atoms with Crippen LogP contribution in [0.15, 0.2) is 30.3 Å². The summed E-state index contributed by atoms with van der Waals surface area (Å²) in [5.41, 5.74) is 0.842. The Balaban J connectivity index is 1.97. The molecule has 0 aromatic heterocycles. The van der Waals surface area contributed by atoms with Gasteiger partial charge in [0.15, 0.2) is 0 Å². The van der Waals surface area contributed by atoms with Crippen molar-refractivity contribution >= 4 is 17.8 Å². The van der Waals surface area contributed by atoms with Crippen molar-refractivity contribution in [3.05, 3.63) is 35.9 Å². The first-order valence-electron chi connectivity index (χ1n) is 7.28. The fraction of sp³-hybridized carbons (Fsp3) is 0.438. The molecule has 1 aromatic carbocycles. The summed E-state index contributed by atoms with van der Waals surface area (Å²) in [5.74, 6) is -1.95. The Bertz CT molecular complexity index is 559. The van der Waals surface area contributed by atoms with Gasteiger partial charge in [0.2, 0.25) is 11.8 Å². The minimum Gasteiger partial charge on any atom is -0.480 e. The van der Waals surface area contributed by atoms with Crippen molar-refractivity contribution in [2.45, 2.75) is 25.3 Å². The summed E-state index contributed by atoms with van der Waals surface area (Å²) in [5, 5.41) is 11.8. The maximum Gasteiger partial charge on any atom is 0.326 e. The minimum absolute atomic E-state index is 0.0821. The number of carbonyl (C=O) groups excluding carboxylic acids is 2. The topological polar surface area (TPSA) is 86.7 Å². The van der Waals surface area contributed by atoms with E-state index in [9.17, 15) is 19.5 Å². The lowest BCUT2D eigenvalue weighted by atomic mass is 9.95. The summed E-state index contributed by atoms with van der Waals surface area (Å²) in [6, 6.07) is 8.16. The van der Waals surface area contributed by atoms with Crippen molar-refractivity contribution in [3.8, 4) is 0 Å². The lowest BCUT2D eigenvalue weighted by Gasteiger charge is -2.28. The number of amides is 2. The molecule has 0 aliphatic carbocycles. The van der Waals surface area contributed by atoms with E-state index in [0.29, 0.717) is 13.0 Å². The minimum atomic E-state index is -1.07. The Kier molecular flexibility index (Phi) is 5.14. The molecule has 118 valence electrons. The van der Waals surface area contributed by atoms with Gasteiger partial charge in [0.1, 0.15) is 6.04 Å². The third kappa shape index (κ3) is 4.07. The molecule has 0 saturated carbocycles. The van der Waals surface area contributed by atoms with Crippen LogP contribution >= 0.6 is 0 Å². The lowest BCUT2D eigenvalue weighted by Crippen LogP contribution is -2.48. The number of carboxylic acid groups (broad SMARTS) is 1. The molecule has 2 N–H and O–H groups in total. The summed E-state index contributed by atoms with van der Waals surface area (Å²) in [6.07, 6.45) is 0.925. The number of likely N-dealkylation sites (tertiary alicyclic amines) is 1. The van der Waals surface area contributed by atoms with E-state index in [1.807, 2.05) is 30.3 Å². The highest BCUT2D eigenvalue weighted by atomic mass is 16.4. The third-order valence-electron chi connectivity index (χ3n) is 3.93. The van der Waals surface area contributed by atoms with Crippen LogP contribution in [0.25, 0.3) is 0 Å². The van der Waals surface area contributed by atoms with Gasteiger partial charge in [-0.05, 0) is 12.0 Å². The summed E-state index contributed by atoms with van der Waals surface area (Å²) in [7, 11) is 1.70.